The number of unbranched alkanes of at least 4 members (excludes halogenated alkanes) is 36. The minimum Gasteiger partial charge on any atom is -0.462 e. The minimum absolute atomic E-state index is 0. The van der Waals surface area contributed by atoms with Crippen molar-refractivity contribution in [2.45, 2.75) is 297 Å². The fraction of sp³-hybridized carbons (Fsp3) is 0.941. The van der Waals surface area contributed by atoms with Crippen LogP contribution in [0.4, 0.5) is 0 Å². The highest BCUT2D eigenvalue weighted by atomic mass is 35.5. The lowest BCUT2D eigenvalue weighted by molar-refractivity contribution is -0.167. The van der Waals surface area contributed by atoms with Crippen LogP contribution >= 0.6 is 12.4 Å². The molecule has 0 rings (SSSR count). The Kier molecular flexibility index (Phi) is 55.4. The lowest BCUT2D eigenvalue weighted by Gasteiger charge is -2.18. The van der Waals surface area contributed by atoms with Gasteiger partial charge in [0.15, 0.2) is 6.10 Å². The highest BCUT2D eigenvalue weighted by Crippen LogP contribution is 2.17. The van der Waals surface area contributed by atoms with Gasteiger partial charge in [-0.25, -0.2) is 0 Å². The van der Waals surface area contributed by atoms with E-state index in [4.69, 9.17) is 14.2 Å². The summed E-state index contributed by atoms with van der Waals surface area (Å²) in [5.74, 6) is -0.842. The van der Waals surface area contributed by atoms with Gasteiger partial charge in [0.1, 0.15) is 13.2 Å². The first-order valence-corrected chi connectivity index (χ1v) is 25.5. The predicted octanol–water partition coefficient (Wildman–Crippen LogP) is 17.0. The van der Waals surface area contributed by atoms with Crippen molar-refractivity contribution >= 4 is 30.3 Å². The molecule has 0 radical (unpaired) electrons. The van der Waals surface area contributed by atoms with Crippen molar-refractivity contribution in [1.82, 2.24) is 6.15 Å². The first-order chi connectivity index (χ1) is 28.0. The molecule has 59 heavy (non-hydrogen) atoms. The topological polar surface area (TPSA) is 114 Å². The van der Waals surface area contributed by atoms with Gasteiger partial charge in [-0.2, -0.15) is 0 Å². The molecule has 3 N–H and O–H groups in total. The lowest BCUT2D eigenvalue weighted by atomic mass is 10.0. The van der Waals surface area contributed by atoms with Crippen LogP contribution in [0.1, 0.15) is 290 Å². The molecular weight excluding hydrogens is 758 g/mol. The van der Waals surface area contributed by atoms with E-state index in [1.165, 1.54) is 193 Å². The molecule has 0 aliphatic rings. The summed E-state index contributed by atoms with van der Waals surface area (Å²) in [5.41, 5.74) is 0. The summed E-state index contributed by atoms with van der Waals surface area (Å²) in [6.07, 6.45) is 49.3. The van der Waals surface area contributed by atoms with Crippen molar-refractivity contribution in [3.63, 3.8) is 0 Å². The molecular formula is C51H102ClNO6. The fourth-order valence-corrected chi connectivity index (χ4v) is 7.74. The van der Waals surface area contributed by atoms with Crippen LogP contribution < -0.4 is 6.15 Å². The van der Waals surface area contributed by atoms with Crippen molar-refractivity contribution in [2.75, 3.05) is 13.2 Å². The second-order valence-electron chi connectivity index (χ2n) is 17.5. The average Bonchev–Trinajstić information content (AvgIpc) is 3.21. The van der Waals surface area contributed by atoms with E-state index in [0.717, 1.165) is 57.8 Å². The van der Waals surface area contributed by atoms with E-state index in [-0.39, 0.29) is 49.7 Å². The van der Waals surface area contributed by atoms with Crippen LogP contribution in [-0.2, 0) is 28.6 Å². The van der Waals surface area contributed by atoms with Gasteiger partial charge in [-0.15, -0.1) is 12.4 Å². The zero-order chi connectivity index (χ0) is 41.5. The van der Waals surface area contributed by atoms with Gasteiger partial charge in [0.25, 0.3) is 0 Å². The molecule has 0 bridgehead atoms. The standard InChI is InChI=1S/C51H98O6.ClH.H3N/c1-4-7-10-13-16-19-22-25-28-31-34-37-40-43-49(52)55-46-48(57-51(54)45-42-39-36-33-30-27-24-21-18-15-12-9-6-3)47-56-50(53)44-41-38-35-32-29-26-23-20-17-14-11-8-5-2;;/h48H,4-47H2,1-3H3;1H;1H3. The number of rotatable bonds is 47. The van der Waals surface area contributed by atoms with Gasteiger partial charge in [-0.05, 0) is 19.3 Å². The number of hydrogen-bond acceptors (Lipinski definition) is 7. The summed E-state index contributed by atoms with van der Waals surface area (Å²) < 4.78 is 16.8. The van der Waals surface area contributed by atoms with Gasteiger partial charge in [0, 0.05) is 19.3 Å². The van der Waals surface area contributed by atoms with Crippen LogP contribution in [0.15, 0.2) is 0 Å². The first-order valence-electron chi connectivity index (χ1n) is 25.5. The molecule has 0 aromatic heterocycles. The maximum absolute atomic E-state index is 12.8. The average molecular weight is 861 g/mol. The quantitative estimate of drug-likeness (QED) is 0.0368. The summed E-state index contributed by atoms with van der Waals surface area (Å²) in [6, 6.07) is 0. The fourth-order valence-electron chi connectivity index (χ4n) is 7.74. The second-order valence-corrected chi connectivity index (χ2v) is 17.5. The molecule has 8 heteroatoms. The van der Waals surface area contributed by atoms with Crippen molar-refractivity contribution in [1.29, 1.82) is 0 Å². The molecule has 0 aromatic rings. The molecule has 354 valence electrons. The van der Waals surface area contributed by atoms with E-state index >= 15 is 0 Å². The van der Waals surface area contributed by atoms with Crippen LogP contribution in [-0.4, -0.2) is 37.2 Å². The van der Waals surface area contributed by atoms with E-state index in [2.05, 4.69) is 20.8 Å². The van der Waals surface area contributed by atoms with Gasteiger partial charge in [-0.3, -0.25) is 14.4 Å². The van der Waals surface area contributed by atoms with Crippen LogP contribution in [0.5, 0.6) is 0 Å². The summed E-state index contributed by atoms with van der Waals surface area (Å²) in [5, 5.41) is 0. The molecule has 0 amide bonds. The second kappa shape index (κ2) is 52.8. The third-order valence-electron chi connectivity index (χ3n) is 11.6. The largest absolute Gasteiger partial charge is 0.462 e. The third kappa shape index (κ3) is 50.9. The van der Waals surface area contributed by atoms with E-state index in [1.54, 1.807) is 0 Å². The number of ether oxygens (including phenoxy) is 3. The predicted molar refractivity (Wildman–Crippen MR) is 255 cm³/mol. The molecule has 0 unspecified atom stereocenters. The number of carbonyl (C=O) groups is 3. The van der Waals surface area contributed by atoms with E-state index in [0.29, 0.717) is 19.3 Å². The van der Waals surface area contributed by atoms with Crippen molar-refractivity contribution in [3.8, 4) is 0 Å². The smallest absolute Gasteiger partial charge is 0.306 e. The molecule has 0 spiro atoms. The van der Waals surface area contributed by atoms with Crippen molar-refractivity contribution < 1.29 is 28.6 Å². The maximum Gasteiger partial charge on any atom is 0.306 e. The molecule has 0 heterocycles. The van der Waals surface area contributed by atoms with Crippen LogP contribution in [0.25, 0.3) is 0 Å². The first kappa shape index (κ1) is 62.0. The Balaban J connectivity index is -0.0000157. The molecule has 0 atom stereocenters. The van der Waals surface area contributed by atoms with Crippen molar-refractivity contribution in [2.24, 2.45) is 0 Å². The Labute approximate surface area is 373 Å². The lowest BCUT2D eigenvalue weighted by Crippen LogP contribution is -2.30. The highest BCUT2D eigenvalue weighted by Gasteiger charge is 2.19. The molecule has 0 saturated carbocycles. The number of hydrogen-bond donors (Lipinski definition) is 1. The normalized spacial score (nSPS) is 11.0. The zero-order valence-electron chi connectivity index (χ0n) is 39.8. The van der Waals surface area contributed by atoms with Gasteiger partial charge in [-0.1, -0.05) is 252 Å². The van der Waals surface area contributed by atoms with Crippen LogP contribution in [0, 0.1) is 0 Å². The number of halogens is 1. The molecule has 0 saturated heterocycles. The Morgan fingerprint density at radius 3 is 0.712 bits per heavy atom. The van der Waals surface area contributed by atoms with E-state index in [1.807, 2.05) is 0 Å². The molecule has 0 aliphatic heterocycles. The molecule has 0 aliphatic carbocycles. The van der Waals surface area contributed by atoms with E-state index < -0.39 is 6.10 Å². The van der Waals surface area contributed by atoms with Crippen LogP contribution in [0.3, 0.4) is 0 Å². The summed E-state index contributed by atoms with van der Waals surface area (Å²) >= 11 is 0. The Morgan fingerprint density at radius 2 is 0.492 bits per heavy atom. The van der Waals surface area contributed by atoms with E-state index in [9.17, 15) is 14.4 Å². The van der Waals surface area contributed by atoms with Crippen LogP contribution in [0.2, 0.25) is 0 Å². The zero-order valence-corrected chi connectivity index (χ0v) is 40.6. The Bertz CT molecular complexity index is 812. The summed E-state index contributed by atoms with van der Waals surface area (Å²) in [4.78, 5) is 37.9. The Morgan fingerprint density at radius 1 is 0.305 bits per heavy atom. The summed E-state index contributed by atoms with van der Waals surface area (Å²) in [6.45, 7) is 6.67. The van der Waals surface area contributed by atoms with Gasteiger partial charge >= 0.3 is 17.9 Å². The number of carbonyl (C=O) groups excluding carboxylic acids is 3. The molecule has 7 nitrogen and oxygen atoms in total. The van der Waals surface area contributed by atoms with Gasteiger partial charge in [0.2, 0.25) is 0 Å². The maximum atomic E-state index is 12.8. The van der Waals surface area contributed by atoms with Crippen molar-refractivity contribution in [3.05, 3.63) is 0 Å². The van der Waals surface area contributed by atoms with Gasteiger partial charge < -0.3 is 20.4 Å². The minimum atomic E-state index is -0.759. The Hall–Kier alpha value is -1.34. The molecule has 0 fully saturated rings. The number of esters is 3. The third-order valence-corrected chi connectivity index (χ3v) is 11.6. The molecule has 0 aromatic carbocycles. The monoisotopic (exact) mass is 860 g/mol. The SMILES string of the molecule is CCCCCCCCCCCCCCCC(=O)OCC(COC(=O)CCCCCCCCCCCCCCC)OC(=O)CCCCCCCCCCCCCCC.Cl.N. The highest BCUT2D eigenvalue weighted by molar-refractivity contribution is 5.85. The van der Waals surface area contributed by atoms with Gasteiger partial charge in [0.05, 0.1) is 0 Å². The summed E-state index contributed by atoms with van der Waals surface area (Å²) in [7, 11) is 0.